The highest BCUT2D eigenvalue weighted by Crippen LogP contribution is 2.28. The van der Waals surface area contributed by atoms with Crippen LogP contribution in [-0.4, -0.2) is 13.1 Å². The number of hydrogen-bond acceptors (Lipinski definition) is 1. The largest absolute Gasteiger partial charge is 0.312 e. The van der Waals surface area contributed by atoms with Crippen LogP contribution < -0.4 is 5.32 Å². The molecule has 0 bridgehead atoms. The first-order chi connectivity index (χ1) is 6.54. The van der Waals surface area contributed by atoms with Crippen LogP contribution >= 0.6 is 0 Å². The van der Waals surface area contributed by atoms with Crippen molar-refractivity contribution in [2.45, 2.75) is 20.3 Å². The van der Waals surface area contributed by atoms with E-state index in [1.54, 1.807) is 0 Å². The van der Waals surface area contributed by atoms with Crippen molar-refractivity contribution in [3.63, 3.8) is 0 Å². The minimum Gasteiger partial charge on any atom is -0.312 e. The minimum absolute atomic E-state index is 0.325. The van der Waals surface area contributed by atoms with E-state index in [0.29, 0.717) is 18.0 Å². The van der Waals surface area contributed by atoms with Crippen molar-refractivity contribution < 1.29 is 4.39 Å². The zero-order chi connectivity index (χ0) is 10.7. The molecule has 1 nitrogen and oxygen atoms in total. The number of nitrogens with one attached hydrogen (secondary N) is 1. The molecular weight excluding hydrogens is 177 g/mol. The first-order valence-electron chi connectivity index (χ1n) is 5.00. The minimum atomic E-state index is -0.325. The first-order valence-corrected chi connectivity index (χ1v) is 5.00. The average Bonchev–Trinajstić information content (AvgIpc) is 2.16. The maximum absolute atomic E-state index is 13.1. The molecule has 0 aromatic heterocycles. The van der Waals surface area contributed by atoms with Gasteiger partial charge in [-0.1, -0.05) is 27.0 Å². The highest BCUT2D eigenvalue weighted by molar-refractivity contribution is 5.43. The Balaban J connectivity index is 3.00. The van der Waals surface area contributed by atoms with Gasteiger partial charge in [0.2, 0.25) is 0 Å². The average molecular weight is 195 g/mol. The van der Waals surface area contributed by atoms with Crippen molar-refractivity contribution in [1.29, 1.82) is 0 Å². The number of halogens is 1. The van der Waals surface area contributed by atoms with E-state index in [4.69, 9.17) is 0 Å². The lowest BCUT2D eigenvalue weighted by molar-refractivity contribution is 0.598. The van der Waals surface area contributed by atoms with Crippen LogP contribution in [0, 0.1) is 5.92 Å². The summed E-state index contributed by atoms with van der Waals surface area (Å²) in [5.74, 6) is 0.0476. The first kappa shape index (κ1) is 11.2. The van der Waals surface area contributed by atoms with Gasteiger partial charge < -0.3 is 5.32 Å². The van der Waals surface area contributed by atoms with Gasteiger partial charge in [0, 0.05) is 12.1 Å². The van der Waals surface area contributed by atoms with Crippen LogP contribution in [0.15, 0.2) is 35.7 Å². The fourth-order valence-electron chi connectivity index (χ4n) is 1.65. The molecule has 1 aliphatic heterocycles. The SMILES string of the molecule is C=C(F)C1=C(C(=C)C(C)C)CCNC1. The van der Waals surface area contributed by atoms with E-state index in [-0.39, 0.29) is 5.83 Å². The van der Waals surface area contributed by atoms with Crippen molar-refractivity contribution in [3.8, 4) is 0 Å². The predicted molar refractivity (Wildman–Crippen MR) is 58.7 cm³/mol. The van der Waals surface area contributed by atoms with E-state index in [1.165, 1.54) is 0 Å². The summed E-state index contributed by atoms with van der Waals surface area (Å²) < 4.78 is 13.1. The summed E-state index contributed by atoms with van der Waals surface area (Å²) in [6, 6.07) is 0. The molecule has 0 amide bonds. The third kappa shape index (κ3) is 2.32. The maximum atomic E-state index is 13.1. The molecule has 0 saturated heterocycles. The molecule has 78 valence electrons. The maximum Gasteiger partial charge on any atom is 0.120 e. The highest BCUT2D eigenvalue weighted by atomic mass is 19.1. The number of allylic oxidation sites excluding steroid dienone is 1. The van der Waals surface area contributed by atoms with Gasteiger partial charge in [-0.2, -0.15) is 0 Å². The van der Waals surface area contributed by atoms with Gasteiger partial charge in [-0.3, -0.25) is 0 Å². The highest BCUT2D eigenvalue weighted by Gasteiger charge is 2.18. The van der Waals surface area contributed by atoms with Crippen LogP contribution in [0.25, 0.3) is 0 Å². The molecule has 0 aliphatic carbocycles. The van der Waals surface area contributed by atoms with Crippen molar-refractivity contribution in [3.05, 3.63) is 35.7 Å². The standard InChI is InChI=1S/C12H18FN/c1-8(2)9(3)11-5-6-14-7-12(11)10(4)13/h8,14H,3-7H2,1-2H3. The van der Waals surface area contributed by atoms with Crippen molar-refractivity contribution >= 4 is 0 Å². The molecule has 0 fully saturated rings. The molecule has 1 N–H and O–H groups in total. The third-order valence-electron chi connectivity index (χ3n) is 2.63. The van der Waals surface area contributed by atoms with Crippen LogP contribution in [0.5, 0.6) is 0 Å². The van der Waals surface area contributed by atoms with Gasteiger partial charge in [-0.25, -0.2) is 4.39 Å². The molecule has 0 spiro atoms. The molecular formula is C12H18FN. The summed E-state index contributed by atoms with van der Waals surface area (Å²) in [4.78, 5) is 0. The molecule has 0 aromatic carbocycles. The van der Waals surface area contributed by atoms with Gasteiger partial charge in [-0.05, 0) is 30.0 Å². The van der Waals surface area contributed by atoms with Gasteiger partial charge >= 0.3 is 0 Å². The third-order valence-corrected chi connectivity index (χ3v) is 2.63. The van der Waals surface area contributed by atoms with Crippen LogP contribution in [0.3, 0.4) is 0 Å². The Morgan fingerprint density at radius 2 is 2.00 bits per heavy atom. The van der Waals surface area contributed by atoms with Crippen molar-refractivity contribution in [2.24, 2.45) is 5.92 Å². The summed E-state index contributed by atoms with van der Waals surface area (Å²) >= 11 is 0. The second-order valence-corrected chi connectivity index (χ2v) is 3.97. The zero-order valence-corrected chi connectivity index (χ0v) is 8.99. The normalized spacial score (nSPS) is 17.4. The van der Waals surface area contributed by atoms with Crippen LogP contribution in [0.2, 0.25) is 0 Å². The fourth-order valence-corrected chi connectivity index (χ4v) is 1.65. The van der Waals surface area contributed by atoms with Gasteiger partial charge in [-0.15, -0.1) is 0 Å². The second-order valence-electron chi connectivity index (χ2n) is 3.97. The lowest BCUT2D eigenvalue weighted by Crippen LogP contribution is -2.26. The molecule has 2 heteroatoms. The molecule has 0 saturated carbocycles. The van der Waals surface area contributed by atoms with Gasteiger partial charge in [0.15, 0.2) is 0 Å². The molecule has 0 aromatic rings. The summed E-state index contributed by atoms with van der Waals surface area (Å²) in [7, 11) is 0. The summed E-state index contributed by atoms with van der Waals surface area (Å²) in [6.07, 6.45) is 0.856. The lowest BCUT2D eigenvalue weighted by Gasteiger charge is -2.23. The smallest absolute Gasteiger partial charge is 0.120 e. The molecule has 14 heavy (non-hydrogen) atoms. The van der Waals surface area contributed by atoms with E-state index in [2.05, 4.69) is 32.3 Å². The Morgan fingerprint density at radius 1 is 1.36 bits per heavy atom. The summed E-state index contributed by atoms with van der Waals surface area (Å²) in [5.41, 5.74) is 2.81. The topological polar surface area (TPSA) is 12.0 Å². The number of hydrogen-bond donors (Lipinski definition) is 1. The molecule has 0 radical (unpaired) electrons. The number of rotatable bonds is 3. The Labute approximate surface area is 85.4 Å². The second kappa shape index (κ2) is 4.56. The van der Waals surface area contributed by atoms with E-state index in [0.717, 1.165) is 24.1 Å². The van der Waals surface area contributed by atoms with Gasteiger partial charge in [0.1, 0.15) is 5.83 Å². The lowest BCUT2D eigenvalue weighted by atomic mass is 9.88. The monoisotopic (exact) mass is 195 g/mol. The van der Waals surface area contributed by atoms with E-state index < -0.39 is 0 Å². The van der Waals surface area contributed by atoms with E-state index in [1.807, 2.05) is 0 Å². The van der Waals surface area contributed by atoms with Crippen molar-refractivity contribution in [2.75, 3.05) is 13.1 Å². The van der Waals surface area contributed by atoms with E-state index in [9.17, 15) is 4.39 Å². The molecule has 0 atom stereocenters. The van der Waals surface area contributed by atoms with Gasteiger partial charge in [0.05, 0.1) is 0 Å². The Hall–Kier alpha value is -0.890. The van der Waals surface area contributed by atoms with Crippen LogP contribution in [-0.2, 0) is 0 Å². The molecule has 1 heterocycles. The Kier molecular flexibility index (Phi) is 3.64. The Bertz CT molecular complexity index is 287. The molecule has 1 aliphatic rings. The Morgan fingerprint density at radius 3 is 2.50 bits per heavy atom. The van der Waals surface area contributed by atoms with Crippen molar-refractivity contribution in [1.82, 2.24) is 5.32 Å². The zero-order valence-electron chi connectivity index (χ0n) is 8.99. The fraction of sp³-hybridized carbons (Fsp3) is 0.500. The molecule has 0 unspecified atom stereocenters. The summed E-state index contributed by atoms with van der Waals surface area (Å²) in [6.45, 7) is 13.0. The van der Waals surface area contributed by atoms with Crippen LogP contribution in [0.4, 0.5) is 4.39 Å². The quantitative estimate of drug-likeness (QED) is 0.730. The molecule has 1 rings (SSSR count). The predicted octanol–water partition coefficient (Wildman–Crippen LogP) is 2.97. The van der Waals surface area contributed by atoms with Crippen LogP contribution in [0.1, 0.15) is 20.3 Å². The van der Waals surface area contributed by atoms with Gasteiger partial charge in [0.25, 0.3) is 0 Å². The van der Waals surface area contributed by atoms with E-state index >= 15 is 0 Å². The summed E-state index contributed by atoms with van der Waals surface area (Å²) in [5, 5.41) is 3.14.